The Morgan fingerprint density at radius 1 is 1.33 bits per heavy atom. The molecular weight excluding hydrogens is 248 g/mol. The van der Waals surface area contributed by atoms with Crippen LogP contribution in [0.15, 0.2) is 0 Å². The average Bonchev–Trinajstić information content (AvgIpc) is 2.30. The van der Waals surface area contributed by atoms with E-state index in [9.17, 15) is 8.42 Å². The van der Waals surface area contributed by atoms with Crippen molar-refractivity contribution in [1.29, 1.82) is 0 Å². The lowest BCUT2D eigenvalue weighted by Gasteiger charge is -2.47. The third-order valence-corrected chi connectivity index (χ3v) is 5.87. The second kappa shape index (κ2) is 6.35. The van der Waals surface area contributed by atoms with E-state index in [1.54, 1.807) is 0 Å². The van der Waals surface area contributed by atoms with E-state index in [-0.39, 0.29) is 5.54 Å². The highest BCUT2D eigenvalue weighted by Crippen LogP contribution is 2.22. The summed E-state index contributed by atoms with van der Waals surface area (Å²) in [5.74, 6) is 0.612. The van der Waals surface area contributed by atoms with Crippen LogP contribution in [0.3, 0.4) is 0 Å². The third kappa shape index (κ3) is 4.21. The van der Waals surface area contributed by atoms with Gasteiger partial charge in [0.05, 0.1) is 5.75 Å². The molecule has 4 nitrogen and oxygen atoms in total. The van der Waals surface area contributed by atoms with Gasteiger partial charge in [-0.2, -0.15) is 0 Å². The van der Waals surface area contributed by atoms with E-state index in [0.717, 1.165) is 19.5 Å². The maximum Gasteiger partial charge on any atom is 0.151 e. The summed E-state index contributed by atoms with van der Waals surface area (Å²) in [7, 11) is -2.87. The highest BCUT2D eigenvalue weighted by atomic mass is 32.2. The first-order chi connectivity index (χ1) is 8.33. The Morgan fingerprint density at radius 3 is 2.56 bits per heavy atom. The Hall–Kier alpha value is -0.130. The minimum Gasteiger partial charge on any atom is -0.311 e. The number of hydrogen-bond acceptors (Lipinski definition) is 4. The molecule has 108 valence electrons. The molecule has 0 amide bonds. The molecule has 0 aromatic heterocycles. The first-order valence-electron chi connectivity index (χ1n) is 7.02. The van der Waals surface area contributed by atoms with Crippen LogP contribution in [0.2, 0.25) is 0 Å². The van der Waals surface area contributed by atoms with Gasteiger partial charge < -0.3 is 5.32 Å². The molecule has 0 radical (unpaired) electrons. The van der Waals surface area contributed by atoms with Gasteiger partial charge in [0.2, 0.25) is 0 Å². The predicted octanol–water partition coefficient (Wildman–Crippen LogP) is 1.27. The van der Waals surface area contributed by atoms with Crippen LogP contribution in [0, 0.1) is 0 Å². The number of hydrogen-bond donors (Lipinski definition) is 1. The summed E-state index contributed by atoms with van der Waals surface area (Å²) >= 11 is 0. The number of nitrogens with zero attached hydrogens (tertiary/aromatic N) is 1. The van der Waals surface area contributed by atoms with Crippen LogP contribution >= 0.6 is 0 Å². The van der Waals surface area contributed by atoms with E-state index in [1.165, 1.54) is 0 Å². The summed E-state index contributed by atoms with van der Waals surface area (Å²) in [6, 6.07) is 0.443. The molecule has 1 aliphatic rings. The monoisotopic (exact) mass is 276 g/mol. The third-order valence-electron chi connectivity index (χ3n) is 4.04. The van der Waals surface area contributed by atoms with Crippen molar-refractivity contribution in [1.82, 2.24) is 10.2 Å². The van der Waals surface area contributed by atoms with Crippen molar-refractivity contribution in [3.8, 4) is 0 Å². The van der Waals surface area contributed by atoms with Gasteiger partial charge in [0.15, 0.2) is 9.84 Å². The van der Waals surface area contributed by atoms with Gasteiger partial charge in [-0.25, -0.2) is 8.42 Å². The molecule has 0 saturated carbocycles. The lowest BCUT2D eigenvalue weighted by Crippen LogP contribution is -2.63. The van der Waals surface area contributed by atoms with Gasteiger partial charge in [-0.3, -0.25) is 4.90 Å². The molecule has 0 aliphatic carbocycles. The predicted molar refractivity (Wildman–Crippen MR) is 76.7 cm³/mol. The van der Waals surface area contributed by atoms with E-state index in [4.69, 9.17) is 0 Å². The second-order valence-electron chi connectivity index (χ2n) is 5.73. The second-order valence-corrected chi connectivity index (χ2v) is 8.03. The fraction of sp³-hybridized carbons (Fsp3) is 1.00. The van der Waals surface area contributed by atoms with Crippen molar-refractivity contribution in [2.45, 2.75) is 52.1 Å². The van der Waals surface area contributed by atoms with Crippen LogP contribution in [0.1, 0.15) is 40.5 Å². The van der Waals surface area contributed by atoms with Gasteiger partial charge in [-0.1, -0.05) is 13.8 Å². The smallest absolute Gasteiger partial charge is 0.151 e. The molecule has 1 rings (SSSR count). The zero-order chi connectivity index (χ0) is 13.8. The van der Waals surface area contributed by atoms with Crippen molar-refractivity contribution >= 4 is 9.84 Å². The fourth-order valence-electron chi connectivity index (χ4n) is 2.49. The van der Waals surface area contributed by atoms with Crippen LogP contribution in [-0.2, 0) is 9.84 Å². The number of piperazine rings is 1. The summed E-state index contributed by atoms with van der Waals surface area (Å²) < 4.78 is 23.6. The van der Waals surface area contributed by atoms with Gasteiger partial charge in [-0.15, -0.1) is 0 Å². The SMILES string of the molecule is CCCS(=O)(=O)CCN1CC(C)NCC1(C)CC. The van der Waals surface area contributed by atoms with Crippen molar-refractivity contribution in [2.24, 2.45) is 0 Å². The largest absolute Gasteiger partial charge is 0.311 e. The molecule has 1 aliphatic heterocycles. The molecular formula is C13H28N2O2S. The molecule has 1 saturated heterocycles. The summed E-state index contributed by atoms with van der Waals surface area (Å²) in [6.07, 6.45) is 1.76. The summed E-state index contributed by atoms with van der Waals surface area (Å²) in [5.41, 5.74) is 0.0915. The number of nitrogens with one attached hydrogen (secondary N) is 1. The maximum atomic E-state index is 11.8. The van der Waals surface area contributed by atoms with Gasteiger partial charge >= 0.3 is 0 Å². The fourth-order valence-corrected chi connectivity index (χ4v) is 3.82. The van der Waals surface area contributed by atoms with Crippen LogP contribution in [0.5, 0.6) is 0 Å². The van der Waals surface area contributed by atoms with Gasteiger partial charge in [-0.05, 0) is 26.7 Å². The topological polar surface area (TPSA) is 49.4 Å². The normalized spacial score (nSPS) is 30.6. The van der Waals surface area contributed by atoms with Crippen molar-refractivity contribution in [2.75, 3.05) is 31.1 Å². The van der Waals surface area contributed by atoms with E-state index in [2.05, 4.69) is 31.0 Å². The molecule has 1 fully saturated rings. The molecule has 0 bridgehead atoms. The lowest BCUT2D eigenvalue weighted by molar-refractivity contribution is 0.0589. The Kier molecular flexibility index (Phi) is 5.62. The maximum absolute atomic E-state index is 11.8. The van der Waals surface area contributed by atoms with Crippen LogP contribution in [-0.4, -0.2) is 56.0 Å². The minimum atomic E-state index is -2.87. The molecule has 0 aromatic carbocycles. The molecule has 5 heteroatoms. The zero-order valence-electron chi connectivity index (χ0n) is 12.2. The Balaban J connectivity index is 2.62. The average molecular weight is 276 g/mol. The van der Waals surface area contributed by atoms with E-state index >= 15 is 0 Å². The van der Waals surface area contributed by atoms with Gasteiger partial charge in [0, 0.05) is 37.0 Å². The number of sulfone groups is 1. The summed E-state index contributed by atoms with van der Waals surface area (Å²) in [6.45, 7) is 11.0. The quantitative estimate of drug-likeness (QED) is 0.794. The molecule has 0 aromatic rings. The molecule has 1 N–H and O–H groups in total. The van der Waals surface area contributed by atoms with E-state index < -0.39 is 9.84 Å². The molecule has 2 unspecified atom stereocenters. The number of rotatable bonds is 6. The standard InChI is InChI=1S/C13H28N2O2S/c1-5-8-18(16,17)9-7-15-10-12(3)14-11-13(15,4)6-2/h12,14H,5-11H2,1-4H3. The Labute approximate surface area is 112 Å². The van der Waals surface area contributed by atoms with Crippen molar-refractivity contribution in [3.05, 3.63) is 0 Å². The highest BCUT2D eigenvalue weighted by molar-refractivity contribution is 7.91. The lowest BCUT2D eigenvalue weighted by atomic mass is 9.92. The first kappa shape index (κ1) is 15.9. The summed E-state index contributed by atoms with van der Waals surface area (Å²) in [4.78, 5) is 2.35. The zero-order valence-corrected chi connectivity index (χ0v) is 13.0. The highest BCUT2D eigenvalue weighted by Gasteiger charge is 2.35. The Bertz CT molecular complexity index is 356. The van der Waals surface area contributed by atoms with E-state index in [1.807, 2.05) is 6.92 Å². The molecule has 18 heavy (non-hydrogen) atoms. The minimum absolute atomic E-state index is 0.0915. The molecule has 2 atom stereocenters. The molecule has 0 spiro atoms. The van der Waals surface area contributed by atoms with Crippen LogP contribution in [0.4, 0.5) is 0 Å². The Morgan fingerprint density at radius 2 is 2.00 bits per heavy atom. The first-order valence-corrected chi connectivity index (χ1v) is 8.84. The van der Waals surface area contributed by atoms with Gasteiger partial charge in [0.1, 0.15) is 0 Å². The van der Waals surface area contributed by atoms with Crippen molar-refractivity contribution < 1.29 is 8.42 Å². The van der Waals surface area contributed by atoms with Gasteiger partial charge in [0.25, 0.3) is 0 Å². The summed E-state index contributed by atoms with van der Waals surface area (Å²) in [5, 5.41) is 3.48. The van der Waals surface area contributed by atoms with Crippen LogP contribution in [0.25, 0.3) is 0 Å². The molecule has 1 heterocycles. The van der Waals surface area contributed by atoms with Crippen LogP contribution < -0.4 is 5.32 Å². The van der Waals surface area contributed by atoms with E-state index in [0.29, 0.717) is 30.5 Å². The van der Waals surface area contributed by atoms with Crippen molar-refractivity contribution in [3.63, 3.8) is 0 Å².